The highest BCUT2D eigenvalue weighted by molar-refractivity contribution is 5.64. The molecule has 2 aromatic carbocycles. The largest absolute Gasteiger partial charge is 0.0804 e. The van der Waals surface area contributed by atoms with Gasteiger partial charge in [0.25, 0.3) is 0 Å². The van der Waals surface area contributed by atoms with Gasteiger partial charge in [-0.05, 0) is 23.1 Å². The van der Waals surface area contributed by atoms with Crippen LogP contribution >= 0.6 is 0 Å². The molecule has 0 heterocycles. The lowest BCUT2D eigenvalue weighted by Crippen LogP contribution is -2.10. The molecule has 0 spiro atoms. The van der Waals surface area contributed by atoms with Crippen LogP contribution in [0.5, 0.6) is 0 Å². The summed E-state index contributed by atoms with van der Waals surface area (Å²) in [6, 6.07) is 19.7. The number of rotatable bonds is 3. The molecule has 0 bridgehead atoms. The van der Waals surface area contributed by atoms with Crippen molar-refractivity contribution in [3.8, 4) is 0 Å². The van der Waals surface area contributed by atoms with E-state index in [-0.39, 0.29) is 0 Å². The van der Waals surface area contributed by atoms with Crippen LogP contribution in [0.3, 0.4) is 0 Å². The maximum Gasteiger partial charge on any atom is 0.0158 e. The highest BCUT2D eigenvalue weighted by Crippen LogP contribution is 2.45. The number of hydrogen-bond acceptors (Lipinski definition) is 0. The molecule has 0 saturated carbocycles. The van der Waals surface area contributed by atoms with Gasteiger partial charge >= 0.3 is 0 Å². The maximum absolute atomic E-state index is 2.38. The van der Waals surface area contributed by atoms with Crippen LogP contribution in [-0.4, -0.2) is 0 Å². The number of hydrogen-bond donors (Lipinski definition) is 0. The predicted octanol–water partition coefficient (Wildman–Crippen LogP) is 5.47. The first-order chi connectivity index (χ1) is 10.4. The van der Waals surface area contributed by atoms with Crippen molar-refractivity contribution < 1.29 is 0 Å². The second-order valence-corrected chi connectivity index (χ2v) is 5.78. The lowest BCUT2D eigenvalue weighted by atomic mass is 9.77. The van der Waals surface area contributed by atoms with Crippen molar-refractivity contribution in [3.05, 3.63) is 101 Å². The summed E-state index contributed by atoms with van der Waals surface area (Å²) < 4.78 is 0. The van der Waals surface area contributed by atoms with Crippen molar-refractivity contribution in [1.29, 1.82) is 0 Å². The van der Waals surface area contributed by atoms with Gasteiger partial charge in [-0.1, -0.05) is 90.6 Å². The van der Waals surface area contributed by atoms with E-state index in [0.717, 1.165) is 6.42 Å². The normalized spacial score (nSPS) is 20.4. The summed E-state index contributed by atoms with van der Waals surface area (Å²) in [5, 5.41) is 0. The van der Waals surface area contributed by atoms with Crippen LogP contribution in [0.15, 0.2) is 84.5 Å². The minimum absolute atomic E-state index is 0.445. The van der Waals surface area contributed by atoms with E-state index >= 15 is 0 Å². The molecule has 2 aliphatic rings. The second kappa shape index (κ2) is 5.21. The quantitative estimate of drug-likeness (QED) is 0.694. The van der Waals surface area contributed by atoms with Gasteiger partial charge in [0.2, 0.25) is 0 Å². The molecular weight excluding hydrogens is 252 g/mol. The Hall–Kier alpha value is -2.34. The molecule has 0 saturated heterocycles. The lowest BCUT2D eigenvalue weighted by Gasteiger charge is -2.26. The predicted molar refractivity (Wildman–Crippen MR) is 89.2 cm³/mol. The van der Waals surface area contributed by atoms with Gasteiger partial charge in [0, 0.05) is 11.8 Å². The van der Waals surface area contributed by atoms with Crippen molar-refractivity contribution >= 4 is 6.08 Å². The minimum atomic E-state index is 0.445. The minimum Gasteiger partial charge on any atom is -0.0804 e. The summed E-state index contributed by atoms with van der Waals surface area (Å²) in [6.07, 6.45) is 12.5. The Bertz CT molecular complexity index is 732. The SMILES string of the molecule is C1=CCC(C(c2ccccc2)C2C=Cc3ccccc32)=C1. The fourth-order valence-corrected chi connectivity index (χ4v) is 3.57. The van der Waals surface area contributed by atoms with Gasteiger partial charge in [-0.2, -0.15) is 0 Å². The van der Waals surface area contributed by atoms with Gasteiger partial charge in [-0.15, -0.1) is 0 Å². The second-order valence-electron chi connectivity index (χ2n) is 5.78. The molecule has 0 nitrogen and oxygen atoms in total. The topological polar surface area (TPSA) is 0 Å². The average Bonchev–Trinajstić information content (AvgIpc) is 3.20. The first kappa shape index (κ1) is 12.4. The molecule has 2 aromatic rings. The van der Waals surface area contributed by atoms with Gasteiger partial charge in [-0.25, -0.2) is 0 Å². The first-order valence-corrected chi connectivity index (χ1v) is 7.61. The molecule has 0 radical (unpaired) electrons. The highest BCUT2D eigenvalue weighted by atomic mass is 14.3. The van der Waals surface area contributed by atoms with Crippen LogP contribution in [0, 0.1) is 0 Å². The van der Waals surface area contributed by atoms with E-state index in [1.165, 1.54) is 22.3 Å². The van der Waals surface area contributed by atoms with E-state index in [9.17, 15) is 0 Å². The molecule has 0 aliphatic heterocycles. The molecule has 2 unspecified atom stereocenters. The number of allylic oxidation sites excluding steroid dienone is 5. The van der Waals surface area contributed by atoms with E-state index < -0.39 is 0 Å². The summed E-state index contributed by atoms with van der Waals surface area (Å²) in [5.74, 6) is 0.899. The zero-order valence-electron chi connectivity index (χ0n) is 11.9. The Labute approximate surface area is 126 Å². The molecule has 0 N–H and O–H groups in total. The summed E-state index contributed by atoms with van der Waals surface area (Å²) in [6.45, 7) is 0. The molecule has 102 valence electrons. The Morgan fingerprint density at radius 2 is 1.71 bits per heavy atom. The van der Waals surface area contributed by atoms with Crippen molar-refractivity contribution in [2.75, 3.05) is 0 Å². The smallest absolute Gasteiger partial charge is 0.0158 e. The number of benzene rings is 2. The summed E-state index contributed by atoms with van der Waals surface area (Å²) >= 11 is 0. The van der Waals surface area contributed by atoms with Crippen LogP contribution in [0.2, 0.25) is 0 Å². The highest BCUT2D eigenvalue weighted by Gasteiger charge is 2.29. The Morgan fingerprint density at radius 3 is 2.52 bits per heavy atom. The van der Waals surface area contributed by atoms with Crippen LogP contribution in [-0.2, 0) is 0 Å². The standard InChI is InChI=1S/C21H18/c1-2-9-17(10-3-1)21(18-11-4-5-12-18)20-15-14-16-8-6-7-13-19(16)20/h1-11,13-15,20-21H,12H2. The van der Waals surface area contributed by atoms with Crippen molar-refractivity contribution in [1.82, 2.24) is 0 Å². The summed E-state index contributed by atoms with van der Waals surface area (Å²) in [7, 11) is 0. The van der Waals surface area contributed by atoms with Gasteiger partial charge in [-0.3, -0.25) is 0 Å². The third-order valence-electron chi connectivity index (χ3n) is 4.56. The van der Waals surface area contributed by atoms with Gasteiger partial charge < -0.3 is 0 Å². The summed E-state index contributed by atoms with van der Waals surface area (Å²) in [4.78, 5) is 0. The van der Waals surface area contributed by atoms with Crippen LogP contribution in [0.25, 0.3) is 6.08 Å². The number of fused-ring (bicyclic) bond motifs is 1. The molecule has 0 fully saturated rings. The maximum atomic E-state index is 2.38. The summed E-state index contributed by atoms with van der Waals surface area (Å²) in [5.41, 5.74) is 5.76. The van der Waals surface area contributed by atoms with Crippen LogP contribution in [0.4, 0.5) is 0 Å². The van der Waals surface area contributed by atoms with Crippen molar-refractivity contribution in [2.24, 2.45) is 0 Å². The molecule has 2 aliphatic carbocycles. The molecule has 0 aromatic heterocycles. The zero-order valence-corrected chi connectivity index (χ0v) is 11.9. The van der Waals surface area contributed by atoms with Crippen LogP contribution < -0.4 is 0 Å². The fourth-order valence-electron chi connectivity index (χ4n) is 3.57. The molecular formula is C21H18. The van der Waals surface area contributed by atoms with Gasteiger partial charge in [0.1, 0.15) is 0 Å². The van der Waals surface area contributed by atoms with E-state index in [0.29, 0.717) is 11.8 Å². The third-order valence-corrected chi connectivity index (χ3v) is 4.56. The molecule has 4 rings (SSSR count). The molecule has 2 atom stereocenters. The molecule has 0 amide bonds. The zero-order chi connectivity index (χ0) is 14.1. The average molecular weight is 270 g/mol. The Kier molecular flexibility index (Phi) is 3.08. The monoisotopic (exact) mass is 270 g/mol. The van der Waals surface area contributed by atoms with E-state index in [2.05, 4.69) is 85.0 Å². The molecule has 21 heavy (non-hydrogen) atoms. The van der Waals surface area contributed by atoms with E-state index in [4.69, 9.17) is 0 Å². The molecule has 0 heteroatoms. The lowest BCUT2D eigenvalue weighted by molar-refractivity contribution is 0.699. The third kappa shape index (κ3) is 2.17. The Balaban J connectivity index is 1.80. The van der Waals surface area contributed by atoms with Crippen molar-refractivity contribution in [2.45, 2.75) is 18.3 Å². The van der Waals surface area contributed by atoms with Crippen LogP contribution in [0.1, 0.15) is 34.9 Å². The Morgan fingerprint density at radius 1 is 0.905 bits per heavy atom. The van der Waals surface area contributed by atoms with Gasteiger partial charge in [0.05, 0.1) is 0 Å². The van der Waals surface area contributed by atoms with Crippen molar-refractivity contribution in [3.63, 3.8) is 0 Å². The van der Waals surface area contributed by atoms with E-state index in [1.807, 2.05) is 0 Å². The van der Waals surface area contributed by atoms with E-state index in [1.54, 1.807) is 0 Å². The van der Waals surface area contributed by atoms with Gasteiger partial charge in [0.15, 0.2) is 0 Å². The first-order valence-electron chi connectivity index (χ1n) is 7.61. The fraction of sp³-hybridized carbons (Fsp3) is 0.143.